The molecule has 1 rings (SSSR count). The number of nitrogens with zero attached hydrogens (tertiary/aromatic N) is 1. The molecule has 0 spiro atoms. The minimum atomic E-state index is -0.825. The lowest BCUT2D eigenvalue weighted by Crippen LogP contribution is -2.57. The Morgan fingerprint density at radius 2 is 1.26 bits per heavy atom. The topological polar surface area (TPSA) is 138 Å². The molecule has 0 saturated heterocycles. The zero-order chi connectivity index (χ0) is 29.1. The molecular formula is C27H45N5O6. The van der Waals surface area contributed by atoms with Crippen molar-refractivity contribution in [3.8, 4) is 0 Å². The minimum Gasteiger partial charge on any atom is -0.453 e. The summed E-state index contributed by atoms with van der Waals surface area (Å²) in [6.45, 7) is 11.5. The van der Waals surface area contributed by atoms with E-state index >= 15 is 0 Å². The van der Waals surface area contributed by atoms with Crippen molar-refractivity contribution < 1.29 is 28.7 Å². The van der Waals surface area contributed by atoms with Gasteiger partial charge < -0.3 is 25.4 Å². The molecule has 11 heteroatoms. The molecule has 0 aliphatic heterocycles. The van der Waals surface area contributed by atoms with E-state index in [1.165, 1.54) is 14.2 Å². The molecule has 0 aliphatic rings. The monoisotopic (exact) mass is 535 g/mol. The number of methoxy groups -OCH3 is 2. The van der Waals surface area contributed by atoms with Gasteiger partial charge in [0.1, 0.15) is 12.1 Å². The van der Waals surface area contributed by atoms with Gasteiger partial charge in [0.05, 0.1) is 14.2 Å². The fraction of sp³-hybridized carbons (Fsp3) is 0.630. The van der Waals surface area contributed by atoms with Gasteiger partial charge >= 0.3 is 12.2 Å². The van der Waals surface area contributed by atoms with Crippen LogP contribution in [0.5, 0.6) is 0 Å². The van der Waals surface area contributed by atoms with Crippen LogP contribution in [-0.2, 0) is 25.5 Å². The Labute approximate surface area is 226 Å². The summed E-state index contributed by atoms with van der Waals surface area (Å²) in [5.74, 6) is -0.713. The van der Waals surface area contributed by atoms with Gasteiger partial charge in [-0.1, -0.05) is 71.9 Å². The summed E-state index contributed by atoms with van der Waals surface area (Å²) >= 11 is 0. The zero-order valence-electron chi connectivity index (χ0n) is 24.1. The van der Waals surface area contributed by atoms with Gasteiger partial charge in [-0.05, 0) is 29.2 Å². The van der Waals surface area contributed by atoms with Crippen LogP contribution in [0.3, 0.4) is 0 Å². The number of rotatable bonds is 11. The highest BCUT2D eigenvalue weighted by atomic mass is 16.5. The molecule has 214 valence electrons. The lowest BCUT2D eigenvalue weighted by atomic mass is 9.86. The van der Waals surface area contributed by atoms with E-state index in [-0.39, 0.29) is 17.9 Å². The summed E-state index contributed by atoms with van der Waals surface area (Å²) in [6.07, 6.45) is -0.326. The smallest absolute Gasteiger partial charge is 0.407 e. The van der Waals surface area contributed by atoms with Crippen LogP contribution in [0.4, 0.5) is 9.59 Å². The van der Waals surface area contributed by atoms with E-state index in [4.69, 9.17) is 4.74 Å². The van der Waals surface area contributed by atoms with Crippen LogP contribution in [0.1, 0.15) is 53.5 Å². The first kappa shape index (κ1) is 32.7. The van der Waals surface area contributed by atoms with E-state index in [2.05, 4.69) is 26.1 Å². The third-order valence-electron chi connectivity index (χ3n) is 5.94. The molecule has 1 aromatic carbocycles. The Kier molecular flexibility index (Phi) is 12.5. The first-order valence-corrected chi connectivity index (χ1v) is 12.6. The Hall–Kier alpha value is -3.34. The van der Waals surface area contributed by atoms with E-state index in [0.717, 1.165) is 5.56 Å². The predicted molar refractivity (Wildman–Crippen MR) is 145 cm³/mol. The number of carbonyl (C=O) groups excluding carboxylic acids is 4. The number of hydrazine groups is 1. The van der Waals surface area contributed by atoms with Gasteiger partial charge in [-0.25, -0.2) is 14.6 Å². The van der Waals surface area contributed by atoms with Crippen molar-refractivity contribution in [2.24, 2.45) is 10.8 Å². The second-order valence-corrected chi connectivity index (χ2v) is 11.5. The van der Waals surface area contributed by atoms with Gasteiger partial charge in [-0.2, -0.15) is 0 Å². The van der Waals surface area contributed by atoms with Crippen molar-refractivity contribution in [2.45, 2.75) is 72.5 Å². The maximum absolute atomic E-state index is 13.3. The van der Waals surface area contributed by atoms with E-state index < -0.39 is 35.1 Å². The van der Waals surface area contributed by atoms with Gasteiger partial charge in [-0.3, -0.25) is 15.0 Å². The average Bonchev–Trinajstić information content (AvgIpc) is 2.82. The van der Waals surface area contributed by atoms with Gasteiger partial charge in [0.25, 0.3) is 5.91 Å². The molecule has 0 bridgehead atoms. The number of ether oxygens (including phenoxy) is 2. The molecule has 0 aromatic heterocycles. The molecule has 0 aliphatic carbocycles. The van der Waals surface area contributed by atoms with Crippen molar-refractivity contribution in [2.75, 3.05) is 27.8 Å². The summed E-state index contributed by atoms with van der Waals surface area (Å²) in [5.41, 5.74) is 2.72. The van der Waals surface area contributed by atoms with Crippen molar-refractivity contribution in [3.05, 3.63) is 35.9 Å². The summed E-state index contributed by atoms with van der Waals surface area (Å²) in [7, 11) is 4.21. The van der Waals surface area contributed by atoms with Crippen LogP contribution < -0.4 is 21.4 Å². The van der Waals surface area contributed by atoms with Crippen molar-refractivity contribution in [1.82, 2.24) is 26.4 Å². The number of nitrogens with one attached hydrogen (secondary N) is 4. The molecule has 4 N–H and O–H groups in total. The molecule has 38 heavy (non-hydrogen) atoms. The van der Waals surface area contributed by atoms with Gasteiger partial charge in [0.15, 0.2) is 0 Å². The number of benzene rings is 1. The SMILES string of the molecule is COC(=O)N[C@H](C(=O)N[C@H](CCN(C)NC(=O)[C@H](NC(=O)OC)C(C)(C)C)Cc1ccccc1)C(C)(C)C. The largest absolute Gasteiger partial charge is 0.453 e. The normalized spacial score (nSPS) is 14.1. The lowest BCUT2D eigenvalue weighted by Gasteiger charge is -2.33. The predicted octanol–water partition coefficient (Wildman–Crippen LogP) is 2.61. The number of carbonyl (C=O) groups is 4. The molecule has 0 unspecified atom stereocenters. The minimum absolute atomic E-state index is 0.292. The van der Waals surface area contributed by atoms with E-state index in [0.29, 0.717) is 19.4 Å². The number of amides is 4. The lowest BCUT2D eigenvalue weighted by molar-refractivity contribution is -0.130. The Morgan fingerprint density at radius 3 is 1.71 bits per heavy atom. The van der Waals surface area contributed by atoms with Crippen LogP contribution in [-0.4, -0.2) is 74.9 Å². The Balaban J connectivity index is 2.97. The summed E-state index contributed by atoms with van der Waals surface area (Å²) < 4.78 is 9.37. The summed E-state index contributed by atoms with van der Waals surface area (Å²) in [4.78, 5) is 49.9. The molecule has 0 heterocycles. The molecule has 0 radical (unpaired) electrons. The fourth-order valence-electron chi connectivity index (χ4n) is 3.77. The number of alkyl carbamates (subject to hydrolysis) is 2. The van der Waals surface area contributed by atoms with Crippen LogP contribution in [0, 0.1) is 10.8 Å². The van der Waals surface area contributed by atoms with E-state index in [9.17, 15) is 19.2 Å². The molecule has 0 fully saturated rings. The van der Waals surface area contributed by atoms with Gasteiger partial charge in [0, 0.05) is 19.6 Å². The fourth-order valence-corrected chi connectivity index (χ4v) is 3.77. The maximum Gasteiger partial charge on any atom is 0.407 e. The van der Waals surface area contributed by atoms with Crippen LogP contribution in [0.25, 0.3) is 0 Å². The first-order chi connectivity index (χ1) is 17.6. The van der Waals surface area contributed by atoms with Crippen LogP contribution in [0.15, 0.2) is 30.3 Å². The first-order valence-electron chi connectivity index (χ1n) is 12.6. The van der Waals surface area contributed by atoms with Crippen LogP contribution >= 0.6 is 0 Å². The van der Waals surface area contributed by atoms with Gasteiger partial charge in [-0.15, -0.1) is 0 Å². The van der Waals surface area contributed by atoms with Crippen molar-refractivity contribution in [3.63, 3.8) is 0 Å². The Bertz CT molecular complexity index is 926. The molecule has 4 amide bonds. The Morgan fingerprint density at radius 1 is 0.789 bits per heavy atom. The van der Waals surface area contributed by atoms with E-state index in [1.54, 1.807) is 12.1 Å². The summed E-state index contributed by atoms with van der Waals surface area (Å²) in [6, 6.07) is 7.80. The third-order valence-corrected chi connectivity index (χ3v) is 5.94. The second-order valence-electron chi connectivity index (χ2n) is 11.5. The quantitative estimate of drug-likeness (QED) is 0.320. The van der Waals surface area contributed by atoms with Gasteiger partial charge in [0.2, 0.25) is 5.91 Å². The zero-order valence-corrected chi connectivity index (χ0v) is 24.1. The maximum atomic E-state index is 13.3. The summed E-state index contributed by atoms with van der Waals surface area (Å²) in [5, 5.41) is 9.90. The third kappa shape index (κ3) is 11.4. The average molecular weight is 536 g/mol. The molecule has 1 aromatic rings. The standard InChI is InChI=1S/C27H45N5O6/c1-26(2,3)20(29-24(35)37-8)22(33)28-19(17-18-13-11-10-12-14-18)15-16-32(7)31-23(34)21(27(4,5)6)30-25(36)38-9/h10-14,19-21H,15-17H2,1-9H3,(H,28,33)(H,29,35)(H,30,36)(H,31,34)/t19-,20-,21+/m1/s1. The van der Waals surface area contributed by atoms with Crippen LogP contribution in [0.2, 0.25) is 0 Å². The second kappa shape index (κ2) is 14.6. The molecule has 11 nitrogen and oxygen atoms in total. The molecular weight excluding hydrogens is 490 g/mol. The highest BCUT2D eigenvalue weighted by molar-refractivity contribution is 5.87. The molecule has 0 saturated carbocycles. The highest BCUT2D eigenvalue weighted by Gasteiger charge is 2.35. The highest BCUT2D eigenvalue weighted by Crippen LogP contribution is 2.21. The van der Waals surface area contributed by atoms with E-state index in [1.807, 2.05) is 71.9 Å². The molecule has 3 atom stereocenters. The van der Waals surface area contributed by atoms with Crippen molar-refractivity contribution in [1.29, 1.82) is 0 Å². The number of hydrogen-bond acceptors (Lipinski definition) is 7. The number of hydrogen-bond donors (Lipinski definition) is 4. The van der Waals surface area contributed by atoms with Crippen molar-refractivity contribution >= 4 is 24.0 Å².